The molecule has 2 aromatic rings. The van der Waals surface area contributed by atoms with Crippen molar-refractivity contribution in [3.05, 3.63) is 48.0 Å². The van der Waals surface area contributed by atoms with Crippen LogP contribution in [0.1, 0.15) is 17.8 Å². The van der Waals surface area contributed by atoms with Gasteiger partial charge in [-0.05, 0) is 12.5 Å². The summed E-state index contributed by atoms with van der Waals surface area (Å²) in [5.41, 5.74) is 1.20. The van der Waals surface area contributed by atoms with Gasteiger partial charge in [-0.15, -0.1) is 11.8 Å². The normalized spacial score (nSPS) is 14.8. The van der Waals surface area contributed by atoms with Gasteiger partial charge in [-0.25, -0.2) is 4.98 Å². The Morgan fingerprint density at radius 1 is 1.35 bits per heavy atom. The first-order valence-corrected chi connectivity index (χ1v) is 7.80. The second-order valence-corrected chi connectivity index (χ2v) is 5.77. The van der Waals surface area contributed by atoms with Crippen molar-refractivity contribution in [3.8, 4) is 0 Å². The van der Waals surface area contributed by atoms with Gasteiger partial charge in [-0.3, -0.25) is 4.99 Å². The van der Waals surface area contributed by atoms with Crippen LogP contribution in [-0.4, -0.2) is 28.5 Å². The molecule has 5 heteroatoms. The molecule has 20 heavy (non-hydrogen) atoms. The van der Waals surface area contributed by atoms with Gasteiger partial charge in [0.25, 0.3) is 0 Å². The number of nitrogens with one attached hydrogen (secondary N) is 1. The molecule has 1 aromatic carbocycles. The summed E-state index contributed by atoms with van der Waals surface area (Å²) in [7, 11) is 2.03. The molecule has 0 saturated heterocycles. The third-order valence-corrected chi connectivity index (χ3v) is 4.39. The van der Waals surface area contributed by atoms with E-state index in [4.69, 9.17) is 0 Å². The summed E-state index contributed by atoms with van der Waals surface area (Å²) in [5.74, 6) is 2.98. The first kappa shape index (κ1) is 13.2. The summed E-state index contributed by atoms with van der Waals surface area (Å²) in [4.78, 5) is 10.2. The fraction of sp³-hybridized carbons (Fsp3) is 0.333. The van der Waals surface area contributed by atoms with Crippen molar-refractivity contribution in [2.75, 3.05) is 13.1 Å². The van der Waals surface area contributed by atoms with Crippen molar-refractivity contribution >= 4 is 17.6 Å². The van der Waals surface area contributed by atoms with E-state index in [2.05, 4.69) is 44.1 Å². The molecule has 0 saturated carbocycles. The van der Waals surface area contributed by atoms with Crippen LogP contribution >= 0.6 is 11.8 Å². The zero-order valence-electron chi connectivity index (χ0n) is 11.5. The number of hydrogen-bond donors (Lipinski definition) is 1. The highest BCUT2D eigenvalue weighted by molar-refractivity contribution is 7.98. The minimum Gasteiger partial charge on any atom is -0.370 e. The maximum atomic E-state index is 4.59. The van der Waals surface area contributed by atoms with Crippen LogP contribution in [0.4, 0.5) is 0 Å². The predicted octanol–water partition coefficient (Wildman–Crippen LogP) is 2.45. The molecule has 0 aliphatic carbocycles. The van der Waals surface area contributed by atoms with E-state index in [0.717, 1.165) is 36.9 Å². The predicted molar refractivity (Wildman–Crippen MR) is 83.2 cm³/mol. The SMILES string of the molecule is Cn1ccnc1CSc1ccccc1C1=NCCCN1. The monoisotopic (exact) mass is 286 g/mol. The molecule has 1 N–H and O–H groups in total. The summed E-state index contributed by atoms with van der Waals surface area (Å²) >= 11 is 1.81. The van der Waals surface area contributed by atoms with Gasteiger partial charge < -0.3 is 9.88 Å². The van der Waals surface area contributed by atoms with Crippen LogP contribution in [-0.2, 0) is 12.8 Å². The second-order valence-electron chi connectivity index (χ2n) is 4.75. The van der Waals surface area contributed by atoms with Crippen molar-refractivity contribution in [2.24, 2.45) is 12.0 Å². The van der Waals surface area contributed by atoms with Crippen LogP contribution < -0.4 is 5.32 Å². The number of benzene rings is 1. The molecule has 3 rings (SSSR count). The third-order valence-electron chi connectivity index (χ3n) is 3.32. The van der Waals surface area contributed by atoms with Gasteiger partial charge in [-0.1, -0.05) is 18.2 Å². The molecule has 0 radical (unpaired) electrons. The minimum atomic E-state index is 0.869. The number of amidine groups is 1. The van der Waals surface area contributed by atoms with Gasteiger partial charge >= 0.3 is 0 Å². The second kappa shape index (κ2) is 6.13. The number of aryl methyl sites for hydroxylation is 1. The molecule has 1 aliphatic rings. The van der Waals surface area contributed by atoms with E-state index in [9.17, 15) is 0 Å². The lowest BCUT2D eigenvalue weighted by Crippen LogP contribution is -2.30. The summed E-state index contributed by atoms with van der Waals surface area (Å²) in [6, 6.07) is 8.44. The molecule has 0 amide bonds. The topological polar surface area (TPSA) is 42.2 Å². The van der Waals surface area contributed by atoms with Crippen molar-refractivity contribution in [3.63, 3.8) is 0 Å². The maximum Gasteiger partial charge on any atom is 0.129 e. The molecule has 0 atom stereocenters. The summed E-state index contributed by atoms with van der Waals surface area (Å²) in [6.45, 7) is 1.93. The van der Waals surface area contributed by atoms with Crippen molar-refractivity contribution in [1.29, 1.82) is 0 Å². The highest BCUT2D eigenvalue weighted by Gasteiger charge is 2.12. The molecule has 1 aromatic heterocycles. The van der Waals surface area contributed by atoms with Gasteiger partial charge in [0.15, 0.2) is 0 Å². The number of imidazole rings is 1. The Morgan fingerprint density at radius 2 is 2.25 bits per heavy atom. The largest absolute Gasteiger partial charge is 0.370 e. The summed E-state index contributed by atoms with van der Waals surface area (Å²) in [5, 5.41) is 3.40. The highest BCUT2D eigenvalue weighted by atomic mass is 32.2. The van der Waals surface area contributed by atoms with E-state index < -0.39 is 0 Å². The number of nitrogens with zero attached hydrogens (tertiary/aromatic N) is 3. The van der Waals surface area contributed by atoms with Crippen LogP contribution in [0.3, 0.4) is 0 Å². The highest BCUT2D eigenvalue weighted by Crippen LogP contribution is 2.26. The lowest BCUT2D eigenvalue weighted by molar-refractivity contribution is 0.741. The van der Waals surface area contributed by atoms with Crippen LogP contribution in [0.5, 0.6) is 0 Å². The van der Waals surface area contributed by atoms with Crippen molar-refractivity contribution in [2.45, 2.75) is 17.1 Å². The molecule has 1 aliphatic heterocycles. The number of aromatic nitrogens is 2. The van der Waals surface area contributed by atoms with E-state index in [1.807, 2.05) is 31.2 Å². The van der Waals surface area contributed by atoms with Crippen LogP contribution in [0.15, 0.2) is 46.5 Å². The zero-order chi connectivity index (χ0) is 13.8. The zero-order valence-corrected chi connectivity index (χ0v) is 12.4. The van der Waals surface area contributed by atoms with Crippen LogP contribution in [0.2, 0.25) is 0 Å². The number of rotatable bonds is 4. The Balaban J connectivity index is 1.79. The van der Waals surface area contributed by atoms with E-state index in [-0.39, 0.29) is 0 Å². The Kier molecular flexibility index (Phi) is 4.06. The molecule has 4 nitrogen and oxygen atoms in total. The van der Waals surface area contributed by atoms with Gasteiger partial charge in [0.2, 0.25) is 0 Å². The molecule has 0 bridgehead atoms. The number of aliphatic imine (C=N–C) groups is 1. The van der Waals surface area contributed by atoms with E-state index >= 15 is 0 Å². The molecule has 2 heterocycles. The molecular weight excluding hydrogens is 268 g/mol. The Hall–Kier alpha value is -1.75. The molecule has 0 fully saturated rings. The van der Waals surface area contributed by atoms with Crippen LogP contribution in [0, 0.1) is 0 Å². The lowest BCUT2D eigenvalue weighted by Gasteiger charge is -2.17. The van der Waals surface area contributed by atoms with E-state index in [1.165, 1.54) is 10.5 Å². The average Bonchev–Trinajstić information content (AvgIpc) is 2.92. The first-order valence-electron chi connectivity index (χ1n) is 6.81. The quantitative estimate of drug-likeness (QED) is 0.878. The van der Waals surface area contributed by atoms with E-state index in [1.54, 1.807) is 0 Å². The van der Waals surface area contributed by atoms with Crippen LogP contribution in [0.25, 0.3) is 0 Å². The smallest absolute Gasteiger partial charge is 0.129 e. The van der Waals surface area contributed by atoms with Crippen molar-refractivity contribution in [1.82, 2.24) is 14.9 Å². The fourth-order valence-corrected chi connectivity index (χ4v) is 3.24. The van der Waals surface area contributed by atoms with Gasteiger partial charge in [-0.2, -0.15) is 0 Å². The molecular formula is C15H18N4S. The Bertz CT molecular complexity index is 618. The third kappa shape index (κ3) is 2.88. The summed E-state index contributed by atoms with van der Waals surface area (Å²) in [6.07, 6.45) is 4.94. The van der Waals surface area contributed by atoms with Gasteiger partial charge in [0, 0.05) is 43.0 Å². The lowest BCUT2D eigenvalue weighted by atomic mass is 10.2. The number of thioether (sulfide) groups is 1. The Morgan fingerprint density at radius 3 is 3.00 bits per heavy atom. The Labute approximate surface area is 123 Å². The van der Waals surface area contributed by atoms with Gasteiger partial charge in [0.1, 0.15) is 11.7 Å². The fourth-order valence-electron chi connectivity index (χ4n) is 2.18. The van der Waals surface area contributed by atoms with Gasteiger partial charge in [0.05, 0.1) is 5.75 Å². The molecule has 0 unspecified atom stereocenters. The summed E-state index contributed by atoms with van der Waals surface area (Å²) < 4.78 is 2.06. The standard InChI is InChI=1S/C15H18N4S/c1-19-10-9-16-14(19)11-20-13-6-3-2-5-12(13)15-17-7-4-8-18-15/h2-3,5-6,9-10H,4,7-8,11H2,1H3,(H,17,18). The first-order chi connectivity index (χ1) is 9.84. The molecule has 104 valence electrons. The maximum absolute atomic E-state index is 4.59. The van der Waals surface area contributed by atoms with E-state index in [0.29, 0.717) is 0 Å². The average molecular weight is 286 g/mol. The number of hydrogen-bond acceptors (Lipinski definition) is 4. The molecule has 0 spiro atoms. The van der Waals surface area contributed by atoms with Crippen molar-refractivity contribution < 1.29 is 0 Å². The minimum absolute atomic E-state index is 0.869.